The number of hydrogen-bond donors (Lipinski definition) is 0. The van der Waals surface area contributed by atoms with Crippen LogP contribution in [-0.2, 0) is 30.9 Å². The number of nitrogens with zero attached hydrogens (tertiary/aromatic N) is 2. The Kier molecular flexibility index (Phi) is 9.24. The first kappa shape index (κ1) is 25.5. The third-order valence-corrected chi connectivity index (χ3v) is 7.41. The van der Waals surface area contributed by atoms with Gasteiger partial charge in [0.2, 0.25) is 10.0 Å². The number of benzene rings is 2. The molecule has 34 heavy (non-hydrogen) atoms. The molecule has 3 rings (SSSR count). The minimum Gasteiger partial charge on any atom is -0.463 e. The summed E-state index contributed by atoms with van der Waals surface area (Å²) in [6.07, 6.45) is 3.42. The smallest absolute Gasteiger partial charge is 0.410 e. The van der Waals surface area contributed by atoms with Crippen LogP contribution >= 0.6 is 0 Å². The summed E-state index contributed by atoms with van der Waals surface area (Å²) in [6, 6.07) is 17.2. The number of carbonyl (C=O) groups excluding carboxylic acids is 2. The standard InChI is InChI=1S/C25H30N2O6S/c1-2-32-24(28)16-10-9-13-22-19-26(25(29)33-20-21-11-5-3-6-12-21)17-18-27(22)34(30,31)23-14-7-4-8-15-23/h3-8,10-12,14-16,22H,2,9,13,17-20H2,1H3/b16-10+/t22-/m0/s1. The van der Waals surface area contributed by atoms with E-state index in [1.807, 2.05) is 30.3 Å². The quantitative estimate of drug-likeness (QED) is 0.397. The maximum absolute atomic E-state index is 13.3. The lowest BCUT2D eigenvalue weighted by atomic mass is 10.1. The summed E-state index contributed by atoms with van der Waals surface area (Å²) in [5.74, 6) is -0.439. The molecule has 2 aromatic carbocycles. The molecule has 8 nitrogen and oxygen atoms in total. The van der Waals surface area contributed by atoms with Crippen molar-refractivity contribution in [3.05, 3.63) is 78.4 Å². The number of sulfonamides is 1. The average Bonchev–Trinajstić information content (AvgIpc) is 2.86. The zero-order chi connectivity index (χ0) is 24.4. The summed E-state index contributed by atoms with van der Waals surface area (Å²) < 4.78 is 38.4. The zero-order valence-electron chi connectivity index (χ0n) is 19.2. The van der Waals surface area contributed by atoms with Gasteiger partial charge in [0.15, 0.2) is 0 Å². The van der Waals surface area contributed by atoms with E-state index in [2.05, 4.69) is 0 Å². The molecule has 2 aromatic rings. The number of carbonyl (C=O) groups is 2. The number of allylic oxidation sites excluding steroid dienone is 1. The van der Waals surface area contributed by atoms with E-state index in [4.69, 9.17) is 9.47 Å². The van der Waals surface area contributed by atoms with Gasteiger partial charge in [0, 0.05) is 31.8 Å². The maximum Gasteiger partial charge on any atom is 0.410 e. The Balaban J connectivity index is 1.70. The minimum atomic E-state index is -3.74. The van der Waals surface area contributed by atoms with Gasteiger partial charge in [0.05, 0.1) is 11.5 Å². The maximum atomic E-state index is 13.3. The van der Waals surface area contributed by atoms with Gasteiger partial charge >= 0.3 is 12.1 Å². The SMILES string of the molecule is CCOC(=O)/C=C/CC[C@H]1CN(C(=O)OCc2ccccc2)CCN1S(=O)(=O)c1ccccc1. The largest absolute Gasteiger partial charge is 0.463 e. The van der Waals surface area contributed by atoms with E-state index in [0.717, 1.165) is 5.56 Å². The van der Waals surface area contributed by atoms with E-state index in [-0.39, 0.29) is 37.7 Å². The fourth-order valence-corrected chi connectivity index (χ4v) is 5.41. The zero-order valence-corrected chi connectivity index (χ0v) is 20.0. The minimum absolute atomic E-state index is 0.148. The number of amides is 1. The summed E-state index contributed by atoms with van der Waals surface area (Å²) in [7, 11) is -3.74. The highest BCUT2D eigenvalue weighted by molar-refractivity contribution is 7.89. The van der Waals surface area contributed by atoms with Crippen LogP contribution in [0.1, 0.15) is 25.3 Å². The summed E-state index contributed by atoms with van der Waals surface area (Å²) in [5.41, 5.74) is 0.877. The monoisotopic (exact) mass is 486 g/mol. The van der Waals surface area contributed by atoms with Crippen LogP contribution in [0.4, 0.5) is 4.79 Å². The van der Waals surface area contributed by atoms with Crippen molar-refractivity contribution in [3.8, 4) is 0 Å². The Labute approximate surface area is 200 Å². The van der Waals surface area contributed by atoms with Crippen molar-refractivity contribution in [1.29, 1.82) is 0 Å². The Morgan fingerprint density at radius 2 is 1.68 bits per heavy atom. The van der Waals surface area contributed by atoms with Gasteiger partial charge in [-0.2, -0.15) is 4.31 Å². The number of hydrogen-bond acceptors (Lipinski definition) is 6. The lowest BCUT2D eigenvalue weighted by molar-refractivity contribution is -0.137. The molecule has 0 spiro atoms. The second kappa shape index (κ2) is 12.3. The predicted molar refractivity (Wildman–Crippen MR) is 127 cm³/mol. The van der Waals surface area contributed by atoms with E-state index in [1.54, 1.807) is 48.2 Å². The summed E-state index contributed by atoms with van der Waals surface area (Å²) in [6.45, 7) is 2.75. The van der Waals surface area contributed by atoms with Gasteiger partial charge in [-0.05, 0) is 37.5 Å². The highest BCUT2D eigenvalue weighted by Gasteiger charge is 2.37. The van der Waals surface area contributed by atoms with Crippen LogP contribution in [0.25, 0.3) is 0 Å². The van der Waals surface area contributed by atoms with Gasteiger partial charge in [0.25, 0.3) is 0 Å². The molecule has 0 bridgehead atoms. The summed E-state index contributed by atoms with van der Waals surface area (Å²) >= 11 is 0. The lowest BCUT2D eigenvalue weighted by Crippen LogP contribution is -2.56. The molecular formula is C25H30N2O6S. The topological polar surface area (TPSA) is 93.2 Å². The van der Waals surface area contributed by atoms with Crippen molar-refractivity contribution in [3.63, 3.8) is 0 Å². The predicted octanol–water partition coefficient (Wildman–Crippen LogP) is 3.60. The number of piperazine rings is 1. The molecule has 1 fully saturated rings. The third kappa shape index (κ3) is 6.91. The van der Waals surface area contributed by atoms with Crippen LogP contribution in [0.3, 0.4) is 0 Å². The molecule has 0 aliphatic carbocycles. The van der Waals surface area contributed by atoms with Crippen LogP contribution in [-0.4, -0.2) is 62.0 Å². The first-order valence-corrected chi connectivity index (χ1v) is 12.7. The number of ether oxygens (including phenoxy) is 2. The van der Waals surface area contributed by atoms with E-state index in [0.29, 0.717) is 12.8 Å². The van der Waals surface area contributed by atoms with E-state index in [1.165, 1.54) is 10.4 Å². The Bertz CT molecular complexity index is 1070. The molecule has 0 unspecified atom stereocenters. The lowest BCUT2D eigenvalue weighted by Gasteiger charge is -2.40. The molecular weight excluding hydrogens is 456 g/mol. The van der Waals surface area contributed by atoms with Crippen LogP contribution in [0.15, 0.2) is 77.7 Å². The van der Waals surface area contributed by atoms with E-state index < -0.39 is 28.1 Å². The van der Waals surface area contributed by atoms with Gasteiger partial charge in [-0.1, -0.05) is 54.6 Å². The highest BCUT2D eigenvalue weighted by atomic mass is 32.2. The van der Waals surface area contributed by atoms with Crippen molar-refractivity contribution in [2.75, 3.05) is 26.2 Å². The van der Waals surface area contributed by atoms with Gasteiger partial charge in [-0.15, -0.1) is 0 Å². The number of esters is 1. The first-order valence-electron chi connectivity index (χ1n) is 11.3. The normalized spacial score (nSPS) is 17.0. The molecule has 1 saturated heterocycles. The first-order chi connectivity index (χ1) is 16.4. The van der Waals surface area contributed by atoms with Crippen molar-refractivity contribution < 1.29 is 27.5 Å². The molecule has 9 heteroatoms. The van der Waals surface area contributed by atoms with Crippen LogP contribution < -0.4 is 0 Å². The Morgan fingerprint density at radius 3 is 2.35 bits per heavy atom. The van der Waals surface area contributed by atoms with Crippen LogP contribution in [0, 0.1) is 0 Å². The molecule has 0 aromatic heterocycles. The summed E-state index contributed by atoms with van der Waals surface area (Å²) in [5, 5.41) is 0. The molecule has 1 atom stereocenters. The molecule has 1 heterocycles. The number of rotatable bonds is 9. The average molecular weight is 487 g/mol. The molecule has 0 saturated carbocycles. The van der Waals surface area contributed by atoms with Gasteiger partial charge < -0.3 is 14.4 Å². The van der Waals surface area contributed by atoms with E-state index in [9.17, 15) is 18.0 Å². The molecule has 1 aliphatic heterocycles. The van der Waals surface area contributed by atoms with Gasteiger partial charge in [0.1, 0.15) is 6.61 Å². The fourth-order valence-electron chi connectivity index (χ4n) is 3.75. The summed E-state index contributed by atoms with van der Waals surface area (Å²) in [4.78, 5) is 26.0. The molecule has 1 amide bonds. The van der Waals surface area contributed by atoms with Crippen molar-refractivity contribution in [2.45, 2.75) is 37.3 Å². The molecule has 0 radical (unpaired) electrons. The van der Waals surface area contributed by atoms with Crippen molar-refractivity contribution in [2.24, 2.45) is 0 Å². The fraction of sp³-hybridized carbons (Fsp3) is 0.360. The van der Waals surface area contributed by atoms with Gasteiger partial charge in [-0.3, -0.25) is 0 Å². The molecule has 182 valence electrons. The van der Waals surface area contributed by atoms with Crippen molar-refractivity contribution >= 4 is 22.1 Å². The molecule has 1 aliphatic rings. The second-order valence-electron chi connectivity index (χ2n) is 7.80. The molecule has 0 N–H and O–H groups in total. The van der Waals surface area contributed by atoms with Crippen LogP contribution in [0.2, 0.25) is 0 Å². The van der Waals surface area contributed by atoms with Crippen LogP contribution in [0.5, 0.6) is 0 Å². The Hall–Kier alpha value is -3.17. The Morgan fingerprint density at radius 1 is 1.00 bits per heavy atom. The second-order valence-corrected chi connectivity index (χ2v) is 9.69. The van der Waals surface area contributed by atoms with E-state index >= 15 is 0 Å². The third-order valence-electron chi connectivity index (χ3n) is 5.45. The van der Waals surface area contributed by atoms with Gasteiger partial charge in [-0.25, -0.2) is 18.0 Å². The van der Waals surface area contributed by atoms with Crippen molar-refractivity contribution in [1.82, 2.24) is 9.21 Å². The highest BCUT2D eigenvalue weighted by Crippen LogP contribution is 2.24.